The molecule has 18 heavy (non-hydrogen) atoms. The Morgan fingerprint density at radius 2 is 2.28 bits per heavy atom. The maximum Gasteiger partial charge on any atom is 0.263 e. The van der Waals surface area contributed by atoms with Crippen molar-refractivity contribution in [3.8, 4) is 0 Å². The van der Waals surface area contributed by atoms with Gasteiger partial charge in [0.2, 0.25) is 0 Å². The highest BCUT2D eigenvalue weighted by Gasteiger charge is 2.17. The Kier molecular flexibility index (Phi) is 3.52. The molecule has 1 heterocycles. The monoisotopic (exact) mass is 266 g/mol. The number of hydrogen-bond donors (Lipinski definition) is 2. The number of rotatable bonds is 3. The minimum absolute atomic E-state index is 0.0962. The highest BCUT2D eigenvalue weighted by Crippen LogP contribution is 2.33. The van der Waals surface area contributed by atoms with E-state index in [1.165, 1.54) is 23.5 Å². The van der Waals surface area contributed by atoms with Crippen LogP contribution in [0, 0.1) is 5.82 Å². The summed E-state index contributed by atoms with van der Waals surface area (Å²) in [5, 5.41) is 3.47. The Morgan fingerprint density at radius 3 is 2.94 bits per heavy atom. The minimum atomic E-state index is -0.346. The van der Waals surface area contributed by atoms with E-state index in [1.54, 1.807) is 6.07 Å². The van der Waals surface area contributed by atoms with Crippen molar-refractivity contribution < 1.29 is 9.18 Å². The van der Waals surface area contributed by atoms with Gasteiger partial charge in [0.05, 0.1) is 5.69 Å². The van der Waals surface area contributed by atoms with E-state index >= 15 is 0 Å². The summed E-state index contributed by atoms with van der Waals surface area (Å²) in [6.45, 7) is 3.93. The molecule has 0 bridgehead atoms. The number of hydrogen-bond acceptors (Lipinski definition) is 3. The third-order valence-corrected chi connectivity index (χ3v) is 4.07. The first-order chi connectivity index (χ1) is 8.52. The zero-order chi connectivity index (χ0) is 13.3. The highest BCUT2D eigenvalue weighted by molar-refractivity contribution is 7.21. The molecule has 5 heteroatoms. The molecule has 0 aliphatic heterocycles. The molecule has 1 unspecified atom stereocenters. The van der Waals surface area contributed by atoms with Crippen LogP contribution in [0.3, 0.4) is 0 Å². The van der Waals surface area contributed by atoms with Gasteiger partial charge in [0.25, 0.3) is 5.91 Å². The number of anilines is 1. The fourth-order valence-electron chi connectivity index (χ4n) is 1.65. The van der Waals surface area contributed by atoms with Crippen molar-refractivity contribution >= 4 is 33.0 Å². The Bertz CT molecular complexity index is 594. The van der Waals surface area contributed by atoms with Crippen LogP contribution in [-0.2, 0) is 0 Å². The first-order valence-corrected chi connectivity index (χ1v) is 6.63. The SMILES string of the molecule is CCC(C)NC(=O)c1sc2ccc(F)cc2c1N. The largest absolute Gasteiger partial charge is 0.397 e. The number of fused-ring (bicyclic) bond motifs is 1. The first-order valence-electron chi connectivity index (χ1n) is 5.81. The molecule has 0 saturated heterocycles. The van der Waals surface area contributed by atoms with Gasteiger partial charge in [-0.2, -0.15) is 0 Å². The van der Waals surface area contributed by atoms with Crippen LogP contribution < -0.4 is 11.1 Å². The predicted molar refractivity (Wildman–Crippen MR) is 73.4 cm³/mol. The molecule has 0 spiro atoms. The van der Waals surface area contributed by atoms with Gasteiger partial charge in [0.15, 0.2) is 0 Å². The van der Waals surface area contributed by atoms with Crippen molar-refractivity contribution in [3.63, 3.8) is 0 Å². The molecule has 2 rings (SSSR count). The van der Waals surface area contributed by atoms with E-state index in [0.29, 0.717) is 16.0 Å². The summed E-state index contributed by atoms with van der Waals surface area (Å²) >= 11 is 1.29. The van der Waals surface area contributed by atoms with Gasteiger partial charge < -0.3 is 11.1 Å². The Morgan fingerprint density at radius 1 is 1.56 bits per heavy atom. The lowest BCUT2D eigenvalue weighted by molar-refractivity contribution is 0.0944. The van der Waals surface area contributed by atoms with Crippen LogP contribution in [0.4, 0.5) is 10.1 Å². The van der Waals surface area contributed by atoms with E-state index in [4.69, 9.17) is 5.73 Å². The maximum atomic E-state index is 13.1. The number of carbonyl (C=O) groups is 1. The van der Waals surface area contributed by atoms with E-state index in [1.807, 2.05) is 13.8 Å². The summed E-state index contributed by atoms with van der Waals surface area (Å²) in [5.74, 6) is -0.538. The molecule has 96 valence electrons. The number of carbonyl (C=O) groups excluding carboxylic acids is 1. The third kappa shape index (κ3) is 2.31. The lowest BCUT2D eigenvalue weighted by atomic mass is 10.2. The van der Waals surface area contributed by atoms with Gasteiger partial charge in [-0.1, -0.05) is 6.92 Å². The quantitative estimate of drug-likeness (QED) is 0.896. The van der Waals surface area contributed by atoms with Crippen LogP contribution in [-0.4, -0.2) is 11.9 Å². The zero-order valence-corrected chi connectivity index (χ0v) is 11.1. The van der Waals surface area contributed by atoms with E-state index < -0.39 is 0 Å². The minimum Gasteiger partial charge on any atom is -0.397 e. The van der Waals surface area contributed by atoms with Crippen molar-refractivity contribution in [2.24, 2.45) is 0 Å². The maximum absolute atomic E-state index is 13.1. The summed E-state index contributed by atoms with van der Waals surface area (Å²) in [6, 6.07) is 4.47. The normalized spacial score (nSPS) is 12.6. The second-order valence-corrected chi connectivity index (χ2v) is 5.32. The molecule has 2 aromatic rings. The molecular formula is C13H15FN2OS. The molecule has 0 aliphatic carbocycles. The third-order valence-electron chi connectivity index (χ3n) is 2.88. The average Bonchev–Trinajstić information content (AvgIpc) is 2.66. The van der Waals surface area contributed by atoms with Gasteiger partial charge in [0.1, 0.15) is 10.7 Å². The summed E-state index contributed by atoms with van der Waals surface area (Å²) in [5.41, 5.74) is 6.27. The molecular weight excluding hydrogens is 251 g/mol. The van der Waals surface area contributed by atoms with Crippen molar-refractivity contribution in [2.75, 3.05) is 5.73 Å². The summed E-state index contributed by atoms with van der Waals surface area (Å²) < 4.78 is 14.0. The van der Waals surface area contributed by atoms with Gasteiger partial charge >= 0.3 is 0 Å². The van der Waals surface area contributed by atoms with Crippen LogP contribution >= 0.6 is 11.3 Å². The topological polar surface area (TPSA) is 55.1 Å². The Hall–Kier alpha value is -1.62. The number of nitrogen functional groups attached to an aromatic ring is 1. The van der Waals surface area contributed by atoms with Gasteiger partial charge in [-0.25, -0.2) is 4.39 Å². The zero-order valence-electron chi connectivity index (χ0n) is 10.3. The fourth-order valence-corrected chi connectivity index (χ4v) is 2.66. The first kappa shape index (κ1) is 12.8. The van der Waals surface area contributed by atoms with E-state index in [2.05, 4.69) is 5.32 Å². The predicted octanol–water partition coefficient (Wildman–Crippen LogP) is 3.15. The van der Waals surface area contributed by atoms with Gasteiger partial charge in [-0.15, -0.1) is 11.3 Å². The molecule has 3 nitrogen and oxygen atoms in total. The van der Waals surface area contributed by atoms with Crippen molar-refractivity contribution in [2.45, 2.75) is 26.3 Å². The number of halogens is 1. The fraction of sp³-hybridized carbons (Fsp3) is 0.308. The molecule has 0 aliphatic rings. The molecule has 1 atom stereocenters. The van der Waals surface area contributed by atoms with Gasteiger partial charge in [-0.3, -0.25) is 4.79 Å². The Balaban J connectivity index is 2.40. The number of nitrogens with two attached hydrogens (primary N) is 1. The summed E-state index contributed by atoms with van der Waals surface area (Å²) in [4.78, 5) is 12.5. The standard InChI is InChI=1S/C13H15FN2OS/c1-3-7(2)16-13(17)12-11(15)9-6-8(14)4-5-10(9)18-12/h4-7H,3,15H2,1-2H3,(H,16,17). The van der Waals surface area contributed by atoms with Crippen LogP contribution in [0.15, 0.2) is 18.2 Å². The highest BCUT2D eigenvalue weighted by atomic mass is 32.1. The van der Waals surface area contributed by atoms with E-state index in [9.17, 15) is 9.18 Å². The van der Waals surface area contributed by atoms with Crippen molar-refractivity contribution in [1.29, 1.82) is 0 Å². The number of amides is 1. The van der Waals surface area contributed by atoms with Crippen molar-refractivity contribution in [1.82, 2.24) is 5.32 Å². The van der Waals surface area contributed by atoms with E-state index in [0.717, 1.165) is 11.1 Å². The molecule has 1 aromatic carbocycles. The van der Waals surface area contributed by atoms with Gasteiger partial charge in [-0.05, 0) is 31.5 Å². The number of nitrogens with one attached hydrogen (secondary N) is 1. The van der Waals surface area contributed by atoms with Crippen molar-refractivity contribution in [3.05, 3.63) is 28.9 Å². The lowest BCUT2D eigenvalue weighted by Crippen LogP contribution is -2.31. The molecule has 1 amide bonds. The summed E-state index contributed by atoms with van der Waals surface area (Å²) in [6.07, 6.45) is 0.852. The second kappa shape index (κ2) is 4.94. The van der Waals surface area contributed by atoms with E-state index in [-0.39, 0.29) is 17.8 Å². The molecule has 0 fully saturated rings. The average molecular weight is 266 g/mol. The number of thiophene rings is 1. The molecule has 1 aromatic heterocycles. The molecule has 0 saturated carbocycles. The smallest absolute Gasteiger partial charge is 0.263 e. The Labute approximate surface area is 109 Å². The van der Waals surface area contributed by atoms with Crippen LogP contribution in [0.2, 0.25) is 0 Å². The van der Waals surface area contributed by atoms with Crippen LogP contribution in [0.1, 0.15) is 29.9 Å². The molecule has 0 radical (unpaired) electrons. The lowest BCUT2D eigenvalue weighted by Gasteiger charge is -2.10. The molecule has 3 N–H and O–H groups in total. The number of benzene rings is 1. The second-order valence-electron chi connectivity index (χ2n) is 4.27. The van der Waals surface area contributed by atoms with Crippen LogP contribution in [0.5, 0.6) is 0 Å². The summed E-state index contributed by atoms with van der Waals surface area (Å²) in [7, 11) is 0. The van der Waals surface area contributed by atoms with Gasteiger partial charge in [0, 0.05) is 16.1 Å². The van der Waals surface area contributed by atoms with Crippen LogP contribution in [0.25, 0.3) is 10.1 Å².